The molecular formula is C22H33NO2. The van der Waals surface area contributed by atoms with Crippen LogP contribution in [0.5, 0.6) is 5.75 Å². The van der Waals surface area contributed by atoms with Crippen LogP contribution in [0.25, 0.3) is 0 Å². The second-order valence-electron chi connectivity index (χ2n) is 7.72. The molecule has 3 rings (SSSR count). The summed E-state index contributed by atoms with van der Waals surface area (Å²) < 4.78 is 5.50. The lowest BCUT2D eigenvalue weighted by Gasteiger charge is -2.35. The number of carbonyl (C=O) groups excluding carboxylic acids is 1. The van der Waals surface area contributed by atoms with Crippen molar-refractivity contribution in [3.05, 3.63) is 29.8 Å². The Kier molecular flexibility index (Phi) is 6.77. The van der Waals surface area contributed by atoms with Crippen LogP contribution in [0.2, 0.25) is 0 Å². The summed E-state index contributed by atoms with van der Waals surface area (Å²) in [5.41, 5.74) is 1.39. The first-order chi connectivity index (χ1) is 12.3. The smallest absolute Gasteiger partial charge is 0.225 e. The molecule has 1 heterocycles. The fraction of sp³-hybridized carbons (Fsp3) is 0.682. The third-order valence-electron chi connectivity index (χ3n) is 5.96. The summed E-state index contributed by atoms with van der Waals surface area (Å²) in [6.07, 6.45) is 10.8. The van der Waals surface area contributed by atoms with Gasteiger partial charge in [-0.15, -0.1) is 0 Å². The Labute approximate surface area is 152 Å². The van der Waals surface area contributed by atoms with Crippen LogP contribution >= 0.6 is 0 Å². The van der Waals surface area contributed by atoms with E-state index < -0.39 is 0 Å². The van der Waals surface area contributed by atoms with Gasteiger partial charge in [0.1, 0.15) is 5.75 Å². The Balaban J connectivity index is 1.39. The molecule has 3 nitrogen and oxygen atoms in total. The van der Waals surface area contributed by atoms with E-state index in [1.165, 1.54) is 44.1 Å². The van der Waals surface area contributed by atoms with E-state index >= 15 is 0 Å². The van der Waals surface area contributed by atoms with Crippen molar-refractivity contribution < 1.29 is 9.53 Å². The summed E-state index contributed by atoms with van der Waals surface area (Å²) in [6.45, 7) is 4.68. The predicted molar refractivity (Wildman–Crippen MR) is 102 cm³/mol. The number of hydrogen-bond acceptors (Lipinski definition) is 2. The van der Waals surface area contributed by atoms with Crippen LogP contribution in [0.3, 0.4) is 0 Å². The third kappa shape index (κ3) is 5.23. The summed E-state index contributed by atoms with van der Waals surface area (Å²) in [6, 6.07) is 8.52. The molecule has 1 aromatic carbocycles. The summed E-state index contributed by atoms with van der Waals surface area (Å²) in [5.74, 6) is 2.50. The van der Waals surface area contributed by atoms with Crippen molar-refractivity contribution in [2.75, 3.05) is 19.7 Å². The molecule has 1 aliphatic heterocycles. The minimum absolute atomic E-state index is 0.328. The minimum atomic E-state index is 0.328. The molecule has 2 aliphatic rings. The first-order valence-electron chi connectivity index (χ1n) is 10.3. The van der Waals surface area contributed by atoms with E-state index in [2.05, 4.69) is 29.2 Å². The first kappa shape index (κ1) is 18.3. The molecule has 1 saturated heterocycles. The van der Waals surface area contributed by atoms with Gasteiger partial charge in [-0.3, -0.25) is 4.79 Å². The molecule has 0 spiro atoms. The lowest BCUT2D eigenvalue weighted by molar-refractivity contribution is -0.138. The predicted octanol–water partition coefficient (Wildman–Crippen LogP) is 4.84. The molecule has 0 atom stereocenters. The van der Waals surface area contributed by atoms with Crippen molar-refractivity contribution in [1.82, 2.24) is 4.90 Å². The van der Waals surface area contributed by atoms with Crippen LogP contribution < -0.4 is 4.74 Å². The highest BCUT2D eigenvalue weighted by Gasteiger charge is 2.28. The van der Waals surface area contributed by atoms with Gasteiger partial charge in [-0.05, 0) is 69.1 Å². The quantitative estimate of drug-likeness (QED) is 0.740. The average molecular weight is 344 g/mol. The molecule has 0 aromatic heterocycles. The van der Waals surface area contributed by atoms with E-state index in [-0.39, 0.29) is 0 Å². The van der Waals surface area contributed by atoms with Gasteiger partial charge in [0.25, 0.3) is 0 Å². The largest absolute Gasteiger partial charge is 0.494 e. The Bertz CT molecular complexity index is 525. The van der Waals surface area contributed by atoms with Crippen molar-refractivity contribution >= 4 is 5.91 Å². The fourth-order valence-electron chi connectivity index (χ4n) is 4.34. The second kappa shape index (κ2) is 9.26. The molecule has 0 bridgehead atoms. The molecule has 0 unspecified atom stereocenters. The molecule has 3 heteroatoms. The second-order valence-corrected chi connectivity index (χ2v) is 7.72. The normalized spacial score (nSPS) is 19.8. The number of carbonyl (C=O) groups is 1. The number of piperidine rings is 1. The van der Waals surface area contributed by atoms with Crippen LogP contribution in [0.1, 0.15) is 63.9 Å². The average Bonchev–Trinajstić information content (AvgIpc) is 2.68. The van der Waals surface area contributed by atoms with Crippen molar-refractivity contribution in [2.45, 2.75) is 64.7 Å². The molecular weight excluding hydrogens is 310 g/mol. The van der Waals surface area contributed by atoms with Gasteiger partial charge < -0.3 is 9.64 Å². The van der Waals surface area contributed by atoms with Gasteiger partial charge >= 0.3 is 0 Å². The Hall–Kier alpha value is -1.51. The van der Waals surface area contributed by atoms with Gasteiger partial charge in [-0.25, -0.2) is 0 Å². The van der Waals surface area contributed by atoms with E-state index in [0.717, 1.165) is 50.6 Å². The number of rotatable bonds is 6. The Morgan fingerprint density at radius 2 is 1.72 bits per heavy atom. The molecule has 0 N–H and O–H groups in total. The van der Waals surface area contributed by atoms with E-state index in [4.69, 9.17) is 4.74 Å². The maximum Gasteiger partial charge on any atom is 0.225 e. The van der Waals surface area contributed by atoms with Gasteiger partial charge in [-0.1, -0.05) is 31.4 Å². The SMILES string of the molecule is CCOc1ccc(CCC2CCN(C(=O)C3CCCCC3)CC2)cc1. The van der Waals surface area contributed by atoms with E-state index in [0.29, 0.717) is 11.8 Å². The lowest BCUT2D eigenvalue weighted by atomic mass is 9.86. The molecule has 0 radical (unpaired) electrons. The molecule has 2 fully saturated rings. The van der Waals surface area contributed by atoms with Gasteiger partial charge in [0.05, 0.1) is 6.61 Å². The van der Waals surface area contributed by atoms with E-state index in [1.54, 1.807) is 0 Å². The topological polar surface area (TPSA) is 29.5 Å². The van der Waals surface area contributed by atoms with Gasteiger partial charge in [0.15, 0.2) is 0 Å². The van der Waals surface area contributed by atoms with E-state index in [9.17, 15) is 4.79 Å². The zero-order valence-corrected chi connectivity index (χ0v) is 15.7. The molecule has 1 aromatic rings. The van der Waals surface area contributed by atoms with Gasteiger partial charge in [-0.2, -0.15) is 0 Å². The third-order valence-corrected chi connectivity index (χ3v) is 5.96. The monoisotopic (exact) mass is 343 g/mol. The van der Waals surface area contributed by atoms with Gasteiger partial charge in [0.2, 0.25) is 5.91 Å². The molecule has 1 aliphatic carbocycles. The van der Waals surface area contributed by atoms with Gasteiger partial charge in [0, 0.05) is 19.0 Å². The molecule has 138 valence electrons. The summed E-state index contributed by atoms with van der Waals surface area (Å²) in [7, 11) is 0. The maximum absolute atomic E-state index is 12.6. The van der Waals surface area contributed by atoms with E-state index in [1.807, 2.05) is 6.92 Å². The summed E-state index contributed by atoms with van der Waals surface area (Å²) in [4.78, 5) is 14.8. The highest BCUT2D eigenvalue weighted by atomic mass is 16.5. The number of amides is 1. The maximum atomic E-state index is 12.6. The number of ether oxygens (including phenoxy) is 1. The van der Waals surface area contributed by atoms with Crippen LogP contribution in [-0.4, -0.2) is 30.5 Å². The zero-order chi connectivity index (χ0) is 17.5. The van der Waals surface area contributed by atoms with Crippen molar-refractivity contribution in [3.8, 4) is 5.75 Å². The molecule has 1 saturated carbocycles. The van der Waals surface area contributed by atoms with Crippen molar-refractivity contribution in [1.29, 1.82) is 0 Å². The van der Waals surface area contributed by atoms with Crippen LogP contribution in [0.15, 0.2) is 24.3 Å². The highest BCUT2D eigenvalue weighted by molar-refractivity contribution is 5.79. The fourth-order valence-corrected chi connectivity index (χ4v) is 4.34. The number of aryl methyl sites for hydroxylation is 1. The van der Waals surface area contributed by atoms with Crippen molar-refractivity contribution in [3.63, 3.8) is 0 Å². The molecule has 1 amide bonds. The molecule has 25 heavy (non-hydrogen) atoms. The van der Waals surface area contributed by atoms with Crippen molar-refractivity contribution in [2.24, 2.45) is 11.8 Å². The van der Waals surface area contributed by atoms with Crippen LogP contribution in [-0.2, 0) is 11.2 Å². The van der Waals surface area contributed by atoms with Crippen LogP contribution in [0, 0.1) is 11.8 Å². The number of benzene rings is 1. The van der Waals surface area contributed by atoms with Crippen LogP contribution in [0.4, 0.5) is 0 Å². The highest BCUT2D eigenvalue weighted by Crippen LogP contribution is 2.28. The minimum Gasteiger partial charge on any atom is -0.494 e. The summed E-state index contributed by atoms with van der Waals surface area (Å²) >= 11 is 0. The summed E-state index contributed by atoms with van der Waals surface area (Å²) in [5, 5.41) is 0. The number of nitrogens with zero attached hydrogens (tertiary/aromatic N) is 1. The Morgan fingerprint density at radius 3 is 2.36 bits per heavy atom. The zero-order valence-electron chi connectivity index (χ0n) is 15.7. The number of likely N-dealkylation sites (tertiary alicyclic amines) is 1. The Morgan fingerprint density at radius 1 is 1.04 bits per heavy atom. The lowest BCUT2D eigenvalue weighted by Crippen LogP contribution is -2.42. The first-order valence-corrected chi connectivity index (χ1v) is 10.3. The standard InChI is InChI=1S/C22H33NO2/c1-2-25-21-12-10-18(11-13-21)8-9-19-14-16-23(17-15-19)22(24)20-6-4-3-5-7-20/h10-13,19-20H,2-9,14-17H2,1H3. The number of hydrogen-bond donors (Lipinski definition) is 0.